The predicted molar refractivity (Wildman–Crippen MR) is 68.0 cm³/mol. The maximum atomic E-state index is 5.40. The van der Waals surface area contributed by atoms with E-state index in [4.69, 9.17) is 4.74 Å². The Labute approximate surface area is 103 Å². The van der Waals surface area contributed by atoms with Crippen LogP contribution in [0.5, 0.6) is 0 Å². The molecule has 4 nitrogen and oxygen atoms in total. The number of aryl methyl sites for hydroxylation is 1. The van der Waals surface area contributed by atoms with Crippen LogP contribution in [0.4, 0.5) is 0 Å². The van der Waals surface area contributed by atoms with Crippen molar-refractivity contribution in [1.29, 1.82) is 0 Å². The summed E-state index contributed by atoms with van der Waals surface area (Å²) < 4.78 is 7.57. The van der Waals surface area contributed by atoms with Crippen molar-refractivity contribution in [3.8, 4) is 0 Å². The first-order valence-corrected chi connectivity index (χ1v) is 6.47. The Hall–Kier alpha value is -0.870. The summed E-state index contributed by atoms with van der Waals surface area (Å²) in [5.74, 6) is 0.726. The van der Waals surface area contributed by atoms with Gasteiger partial charge in [-0.25, -0.2) is 0 Å². The van der Waals surface area contributed by atoms with E-state index in [1.807, 2.05) is 7.05 Å². The molecule has 0 amide bonds. The second-order valence-corrected chi connectivity index (χ2v) is 4.92. The third kappa shape index (κ3) is 2.87. The van der Waals surface area contributed by atoms with E-state index in [-0.39, 0.29) is 0 Å². The van der Waals surface area contributed by atoms with Crippen molar-refractivity contribution in [2.75, 3.05) is 20.3 Å². The molecule has 0 aromatic carbocycles. The van der Waals surface area contributed by atoms with Gasteiger partial charge in [0.1, 0.15) is 0 Å². The summed E-state index contributed by atoms with van der Waals surface area (Å²) in [5.41, 5.74) is 3.81. The van der Waals surface area contributed by atoms with Crippen molar-refractivity contribution in [2.45, 2.75) is 39.8 Å². The number of hydrogen-bond donors (Lipinski definition) is 1. The molecule has 0 radical (unpaired) electrons. The molecule has 2 rings (SSSR count). The monoisotopic (exact) mass is 237 g/mol. The number of rotatable bonds is 4. The molecule has 2 heterocycles. The maximum Gasteiger partial charge on any atom is 0.0641 e. The average Bonchev–Trinajstić information content (AvgIpc) is 2.59. The highest BCUT2D eigenvalue weighted by atomic mass is 16.5. The van der Waals surface area contributed by atoms with Gasteiger partial charge in [-0.1, -0.05) is 0 Å². The fourth-order valence-corrected chi connectivity index (χ4v) is 2.52. The Bertz CT molecular complexity index is 367. The van der Waals surface area contributed by atoms with Gasteiger partial charge < -0.3 is 10.1 Å². The van der Waals surface area contributed by atoms with E-state index in [2.05, 4.69) is 28.9 Å². The van der Waals surface area contributed by atoms with Crippen molar-refractivity contribution in [3.05, 3.63) is 17.0 Å². The van der Waals surface area contributed by atoms with E-state index in [1.54, 1.807) is 0 Å². The first kappa shape index (κ1) is 12.6. The Morgan fingerprint density at radius 2 is 2.06 bits per heavy atom. The fourth-order valence-electron chi connectivity index (χ4n) is 2.52. The Kier molecular flexibility index (Phi) is 4.18. The van der Waals surface area contributed by atoms with Crippen molar-refractivity contribution in [3.63, 3.8) is 0 Å². The molecular formula is C13H23N3O. The SMILES string of the molecule is CNCc1c(C)nn(CC2CCOCC2)c1C. The molecule has 1 aromatic heterocycles. The molecule has 0 saturated carbocycles. The lowest BCUT2D eigenvalue weighted by molar-refractivity contribution is 0.0599. The average molecular weight is 237 g/mol. The molecule has 0 spiro atoms. The van der Waals surface area contributed by atoms with Crippen molar-refractivity contribution < 1.29 is 4.74 Å². The van der Waals surface area contributed by atoms with E-state index in [1.165, 1.54) is 24.1 Å². The molecule has 1 saturated heterocycles. The third-order valence-corrected chi connectivity index (χ3v) is 3.66. The highest BCUT2D eigenvalue weighted by molar-refractivity contribution is 5.24. The van der Waals surface area contributed by atoms with E-state index >= 15 is 0 Å². The molecular weight excluding hydrogens is 214 g/mol. The highest BCUT2D eigenvalue weighted by Crippen LogP contribution is 2.20. The molecule has 0 atom stereocenters. The van der Waals surface area contributed by atoms with Crippen LogP contribution in [0.25, 0.3) is 0 Å². The van der Waals surface area contributed by atoms with Crippen LogP contribution in [-0.2, 0) is 17.8 Å². The molecule has 1 fully saturated rings. The van der Waals surface area contributed by atoms with E-state index in [0.29, 0.717) is 0 Å². The summed E-state index contributed by atoms with van der Waals surface area (Å²) in [4.78, 5) is 0. The van der Waals surface area contributed by atoms with Gasteiger partial charge in [0.25, 0.3) is 0 Å². The fraction of sp³-hybridized carbons (Fsp3) is 0.769. The van der Waals surface area contributed by atoms with Gasteiger partial charge in [0.15, 0.2) is 0 Å². The molecule has 17 heavy (non-hydrogen) atoms. The van der Waals surface area contributed by atoms with Gasteiger partial charge in [-0.05, 0) is 39.7 Å². The lowest BCUT2D eigenvalue weighted by Gasteiger charge is -2.22. The molecule has 0 unspecified atom stereocenters. The van der Waals surface area contributed by atoms with Crippen LogP contribution in [0.1, 0.15) is 29.8 Å². The van der Waals surface area contributed by atoms with Gasteiger partial charge in [0.05, 0.1) is 5.69 Å². The molecule has 96 valence electrons. The number of hydrogen-bond acceptors (Lipinski definition) is 3. The van der Waals surface area contributed by atoms with Gasteiger partial charge in [0.2, 0.25) is 0 Å². The number of nitrogens with zero attached hydrogens (tertiary/aromatic N) is 2. The van der Waals surface area contributed by atoms with Crippen molar-refractivity contribution in [1.82, 2.24) is 15.1 Å². The summed E-state index contributed by atoms with van der Waals surface area (Å²) in [6.07, 6.45) is 2.33. The van der Waals surface area contributed by atoms with Gasteiger partial charge in [-0.3, -0.25) is 4.68 Å². The second kappa shape index (κ2) is 5.65. The summed E-state index contributed by atoms with van der Waals surface area (Å²) in [6, 6.07) is 0. The Balaban J connectivity index is 2.07. The van der Waals surface area contributed by atoms with Crippen molar-refractivity contribution >= 4 is 0 Å². The standard InChI is InChI=1S/C13H23N3O/c1-10-13(8-14-3)11(2)16(15-10)9-12-4-6-17-7-5-12/h12,14H,4-9H2,1-3H3. The van der Waals surface area contributed by atoms with Crippen LogP contribution < -0.4 is 5.32 Å². The number of nitrogens with one attached hydrogen (secondary N) is 1. The van der Waals surface area contributed by atoms with Crippen LogP contribution in [0.3, 0.4) is 0 Å². The zero-order chi connectivity index (χ0) is 12.3. The topological polar surface area (TPSA) is 39.1 Å². The van der Waals surface area contributed by atoms with Crippen LogP contribution in [-0.4, -0.2) is 30.0 Å². The smallest absolute Gasteiger partial charge is 0.0641 e. The van der Waals surface area contributed by atoms with E-state index in [9.17, 15) is 0 Å². The molecule has 0 aliphatic carbocycles. The second-order valence-electron chi connectivity index (χ2n) is 4.92. The molecule has 4 heteroatoms. The van der Waals surface area contributed by atoms with Gasteiger partial charge in [-0.2, -0.15) is 5.10 Å². The zero-order valence-electron chi connectivity index (χ0n) is 11.1. The summed E-state index contributed by atoms with van der Waals surface area (Å²) in [6.45, 7) is 8.04. The minimum Gasteiger partial charge on any atom is -0.381 e. The normalized spacial score (nSPS) is 17.6. The lowest BCUT2D eigenvalue weighted by Crippen LogP contribution is -2.21. The molecule has 1 aromatic rings. The van der Waals surface area contributed by atoms with Crippen molar-refractivity contribution in [2.24, 2.45) is 5.92 Å². The minimum atomic E-state index is 0.726. The molecule has 1 N–H and O–H groups in total. The van der Waals surface area contributed by atoms with Crippen LogP contribution in [0.15, 0.2) is 0 Å². The number of aromatic nitrogens is 2. The minimum absolute atomic E-state index is 0.726. The van der Waals surface area contributed by atoms with E-state index < -0.39 is 0 Å². The summed E-state index contributed by atoms with van der Waals surface area (Å²) in [7, 11) is 1.98. The highest BCUT2D eigenvalue weighted by Gasteiger charge is 2.17. The van der Waals surface area contributed by atoms with Gasteiger partial charge >= 0.3 is 0 Å². The third-order valence-electron chi connectivity index (χ3n) is 3.66. The lowest BCUT2D eigenvalue weighted by atomic mass is 10.0. The maximum absolute atomic E-state index is 5.40. The van der Waals surface area contributed by atoms with Crippen LogP contribution in [0, 0.1) is 19.8 Å². The van der Waals surface area contributed by atoms with Gasteiger partial charge in [0, 0.05) is 37.6 Å². The molecule has 0 bridgehead atoms. The van der Waals surface area contributed by atoms with Crippen LogP contribution >= 0.6 is 0 Å². The summed E-state index contributed by atoms with van der Waals surface area (Å²) >= 11 is 0. The summed E-state index contributed by atoms with van der Waals surface area (Å²) in [5, 5.41) is 7.87. The quantitative estimate of drug-likeness (QED) is 0.865. The number of ether oxygens (including phenoxy) is 1. The molecule has 1 aliphatic rings. The molecule has 1 aliphatic heterocycles. The zero-order valence-corrected chi connectivity index (χ0v) is 11.1. The first-order chi connectivity index (χ1) is 8.22. The first-order valence-electron chi connectivity index (χ1n) is 6.47. The Morgan fingerprint density at radius 3 is 2.71 bits per heavy atom. The Morgan fingerprint density at radius 1 is 1.35 bits per heavy atom. The van der Waals surface area contributed by atoms with Crippen LogP contribution in [0.2, 0.25) is 0 Å². The van der Waals surface area contributed by atoms with Gasteiger partial charge in [-0.15, -0.1) is 0 Å². The predicted octanol–water partition coefficient (Wildman–Crippen LogP) is 1.65. The largest absolute Gasteiger partial charge is 0.381 e. The van der Waals surface area contributed by atoms with E-state index in [0.717, 1.165) is 37.9 Å².